The van der Waals surface area contributed by atoms with Gasteiger partial charge in [0.05, 0.1) is 0 Å². The minimum atomic E-state index is 0.0455. The van der Waals surface area contributed by atoms with Gasteiger partial charge < -0.3 is 4.90 Å². The highest BCUT2D eigenvalue weighted by atomic mass is 15.1. The van der Waals surface area contributed by atoms with Crippen LogP contribution in [-0.2, 0) is 5.41 Å². The van der Waals surface area contributed by atoms with E-state index in [-0.39, 0.29) is 5.41 Å². The fourth-order valence-corrected chi connectivity index (χ4v) is 3.36. The van der Waals surface area contributed by atoms with Crippen molar-refractivity contribution in [1.82, 2.24) is 0 Å². The first-order valence-corrected chi connectivity index (χ1v) is 8.27. The Labute approximate surface area is 130 Å². The number of hydrogen-bond acceptors (Lipinski definition) is 1. The quantitative estimate of drug-likeness (QED) is 0.652. The Morgan fingerprint density at radius 3 is 2.33 bits per heavy atom. The molecule has 0 saturated carbocycles. The van der Waals surface area contributed by atoms with E-state index in [9.17, 15) is 0 Å². The number of anilines is 1. The average Bonchev–Trinajstić information content (AvgIpc) is 3.01. The van der Waals surface area contributed by atoms with Gasteiger partial charge in [0.15, 0.2) is 0 Å². The fourth-order valence-electron chi connectivity index (χ4n) is 3.36. The van der Waals surface area contributed by atoms with Crippen LogP contribution < -0.4 is 4.90 Å². The lowest BCUT2D eigenvalue weighted by molar-refractivity contribution is 0.626. The van der Waals surface area contributed by atoms with Crippen LogP contribution in [0.1, 0.15) is 58.6 Å². The van der Waals surface area contributed by atoms with Gasteiger partial charge in [0.25, 0.3) is 0 Å². The lowest BCUT2D eigenvalue weighted by Crippen LogP contribution is -2.26. The molecule has 21 heavy (non-hydrogen) atoms. The van der Waals surface area contributed by atoms with E-state index in [1.165, 1.54) is 53.9 Å². The zero-order valence-corrected chi connectivity index (χ0v) is 14.3. The van der Waals surface area contributed by atoms with Crippen LogP contribution >= 0.6 is 0 Å². The third kappa shape index (κ3) is 2.79. The largest absolute Gasteiger partial charge is 0.372 e. The van der Waals surface area contributed by atoms with E-state index >= 15 is 0 Å². The first-order valence-electron chi connectivity index (χ1n) is 8.27. The van der Waals surface area contributed by atoms with Crippen molar-refractivity contribution >= 4 is 11.8 Å². The summed E-state index contributed by atoms with van der Waals surface area (Å²) in [6.45, 7) is 17.4. The second-order valence-corrected chi connectivity index (χ2v) is 6.40. The Bertz CT molecular complexity index is 557. The summed E-state index contributed by atoms with van der Waals surface area (Å²) < 4.78 is 0. The summed E-state index contributed by atoms with van der Waals surface area (Å²) >= 11 is 0. The minimum Gasteiger partial charge on any atom is -0.372 e. The van der Waals surface area contributed by atoms with Crippen molar-refractivity contribution in [3.63, 3.8) is 0 Å². The second-order valence-electron chi connectivity index (χ2n) is 6.40. The molecule has 2 aliphatic rings. The monoisotopic (exact) mass is 283 g/mol. The molecule has 0 amide bonds. The molecule has 0 bridgehead atoms. The van der Waals surface area contributed by atoms with Crippen molar-refractivity contribution in [2.75, 3.05) is 18.0 Å². The molecule has 1 heterocycles. The van der Waals surface area contributed by atoms with Crippen molar-refractivity contribution in [3.8, 4) is 0 Å². The van der Waals surface area contributed by atoms with Crippen LogP contribution in [0.2, 0.25) is 0 Å². The highest BCUT2D eigenvalue weighted by molar-refractivity contribution is 5.72. The van der Waals surface area contributed by atoms with Gasteiger partial charge in [0.1, 0.15) is 0 Å². The lowest BCUT2D eigenvalue weighted by atomic mass is 9.70. The summed E-state index contributed by atoms with van der Waals surface area (Å²) in [6.07, 6.45) is 4.93. The van der Waals surface area contributed by atoms with E-state index in [2.05, 4.69) is 56.5 Å². The molecule has 0 N–H and O–H groups in total. The normalized spacial score (nSPS) is 19.6. The number of benzene rings is 1. The fraction of sp³-hybridized carbons (Fsp3) is 0.500. The Balaban J connectivity index is 0.000000774. The molecule has 0 spiro atoms. The number of rotatable bonds is 1. The molecular weight excluding hydrogens is 254 g/mol. The summed E-state index contributed by atoms with van der Waals surface area (Å²) in [5.41, 5.74) is 6.77. The molecular formula is C20H29N. The van der Waals surface area contributed by atoms with E-state index in [0.717, 1.165) is 0 Å². The Morgan fingerprint density at radius 2 is 1.71 bits per heavy atom. The van der Waals surface area contributed by atoms with Gasteiger partial charge in [-0.25, -0.2) is 0 Å². The van der Waals surface area contributed by atoms with Gasteiger partial charge in [0, 0.05) is 24.2 Å². The number of nitrogens with zero attached hydrogens (tertiary/aromatic N) is 1. The molecule has 0 radical (unpaired) electrons. The Hall–Kier alpha value is -1.50. The van der Waals surface area contributed by atoms with Crippen LogP contribution in [0.15, 0.2) is 35.9 Å². The summed E-state index contributed by atoms with van der Waals surface area (Å²) in [6, 6.07) is 6.94. The van der Waals surface area contributed by atoms with Gasteiger partial charge in [-0.15, -0.1) is 0 Å². The van der Waals surface area contributed by atoms with Crippen LogP contribution in [0.3, 0.4) is 0 Å². The van der Waals surface area contributed by atoms with Crippen LogP contribution in [0.5, 0.6) is 0 Å². The molecule has 1 aliphatic heterocycles. The summed E-state index contributed by atoms with van der Waals surface area (Å²) in [5.74, 6) is 0. The zero-order chi connectivity index (χ0) is 15.6. The number of allylic oxidation sites excluding steroid dienone is 2. The molecule has 1 saturated heterocycles. The first-order chi connectivity index (χ1) is 10.00. The van der Waals surface area contributed by atoms with Crippen LogP contribution in [0.4, 0.5) is 5.69 Å². The van der Waals surface area contributed by atoms with Gasteiger partial charge in [-0.05, 0) is 54.2 Å². The molecule has 1 nitrogen and oxygen atoms in total. The maximum absolute atomic E-state index is 4.29. The van der Waals surface area contributed by atoms with E-state index < -0.39 is 0 Å². The summed E-state index contributed by atoms with van der Waals surface area (Å²) in [5, 5.41) is 0. The van der Waals surface area contributed by atoms with Crippen molar-refractivity contribution in [2.24, 2.45) is 0 Å². The predicted molar refractivity (Wildman–Crippen MR) is 95.1 cm³/mol. The molecule has 0 aromatic heterocycles. The van der Waals surface area contributed by atoms with E-state index in [4.69, 9.17) is 0 Å². The van der Waals surface area contributed by atoms with Crippen LogP contribution in [0, 0.1) is 0 Å². The van der Waals surface area contributed by atoms with Crippen LogP contribution in [-0.4, -0.2) is 13.1 Å². The van der Waals surface area contributed by atoms with Crippen molar-refractivity contribution in [2.45, 2.75) is 52.9 Å². The molecule has 114 valence electrons. The molecule has 1 aliphatic carbocycles. The van der Waals surface area contributed by atoms with Crippen LogP contribution in [0.25, 0.3) is 6.08 Å². The standard InChI is InChI=1S/C18H23N.C2H6/c1-13-11-15-7-8-16(19-9-5-6-10-19)12-17(15)18(3,4)14(13)2;1-2/h7-8,11-12H,2,5-6,9-10H2,1,3-4H3;1-2H3. The molecule has 3 rings (SSSR count). The minimum absolute atomic E-state index is 0.0455. The van der Waals surface area contributed by atoms with Crippen molar-refractivity contribution in [1.29, 1.82) is 0 Å². The van der Waals surface area contributed by atoms with Gasteiger partial charge in [0.2, 0.25) is 0 Å². The van der Waals surface area contributed by atoms with Crippen molar-refractivity contribution < 1.29 is 0 Å². The first kappa shape index (κ1) is 15.9. The second kappa shape index (κ2) is 6.09. The highest BCUT2D eigenvalue weighted by Crippen LogP contribution is 2.43. The number of hydrogen-bond donors (Lipinski definition) is 0. The van der Waals surface area contributed by atoms with E-state index in [1.807, 2.05) is 13.8 Å². The SMILES string of the molecule is C=C1C(C)=Cc2ccc(N3CCCC3)cc2C1(C)C.CC. The Morgan fingerprint density at radius 1 is 1.10 bits per heavy atom. The van der Waals surface area contributed by atoms with E-state index in [0.29, 0.717) is 0 Å². The maximum atomic E-state index is 4.29. The molecule has 1 fully saturated rings. The van der Waals surface area contributed by atoms with E-state index in [1.54, 1.807) is 0 Å². The van der Waals surface area contributed by atoms with Gasteiger partial charge in [-0.2, -0.15) is 0 Å². The Kier molecular flexibility index (Phi) is 4.61. The maximum Gasteiger partial charge on any atom is 0.0369 e. The molecule has 1 heteroatoms. The van der Waals surface area contributed by atoms with Gasteiger partial charge >= 0.3 is 0 Å². The summed E-state index contributed by atoms with van der Waals surface area (Å²) in [7, 11) is 0. The molecule has 1 aromatic rings. The third-order valence-corrected chi connectivity index (χ3v) is 4.78. The zero-order valence-electron chi connectivity index (χ0n) is 14.3. The summed E-state index contributed by atoms with van der Waals surface area (Å²) in [4.78, 5) is 2.50. The number of fused-ring (bicyclic) bond motifs is 1. The lowest BCUT2D eigenvalue weighted by Gasteiger charge is -2.35. The molecule has 0 atom stereocenters. The average molecular weight is 283 g/mol. The third-order valence-electron chi connectivity index (χ3n) is 4.78. The predicted octanol–water partition coefficient (Wildman–Crippen LogP) is 5.56. The smallest absolute Gasteiger partial charge is 0.0369 e. The topological polar surface area (TPSA) is 3.24 Å². The van der Waals surface area contributed by atoms with Gasteiger partial charge in [-0.3, -0.25) is 0 Å². The van der Waals surface area contributed by atoms with Gasteiger partial charge in [-0.1, -0.05) is 46.4 Å². The molecule has 0 unspecified atom stereocenters. The van der Waals surface area contributed by atoms with Crippen molar-refractivity contribution in [3.05, 3.63) is 47.1 Å². The molecule has 1 aromatic carbocycles. The highest BCUT2D eigenvalue weighted by Gasteiger charge is 2.31.